The third-order valence-electron chi connectivity index (χ3n) is 5.62. The minimum Gasteiger partial charge on any atom is -0.370 e. The van der Waals surface area contributed by atoms with Crippen LogP contribution in [0.25, 0.3) is 0 Å². The van der Waals surface area contributed by atoms with Crippen molar-refractivity contribution in [3.05, 3.63) is 53.3 Å². The van der Waals surface area contributed by atoms with Gasteiger partial charge in [-0.2, -0.15) is 5.10 Å². The predicted molar refractivity (Wildman–Crippen MR) is 121 cm³/mol. The van der Waals surface area contributed by atoms with Gasteiger partial charge in [0, 0.05) is 44.5 Å². The minimum atomic E-state index is 0.0169. The Balaban J connectivity index is 1.73. The summed E-state index contributed by atoms with van der Waals surface area (Å²) in [4.78, 5) is 9.64. The third-order valence-corrected chi connectivity index (χ3v) is 5.62. The molecule has 2 aromatic rings. The highest BCUT2D eigenvalue weighted by molar-refractivity contribution is 5.80. The van der Waals surface area contributed by atoms with Crippen molar-refractivity contribution in [3.8, 4) is 0 Å². The number of guanidine groups is 1. The Morgan fingerprint density at radius 2 is 2.10 bits per heavy atom. The van der Waals surface area contributed by atoms with Gasteiger partial charge in [0.25, 0.3) is 0 Å². The number of aromatic nitrogens is 2. The van der Waals surface area contributed by atoms with Gasteiger partial charge >= 0.3 is 0 Å². The van der Waals surface area contributed by atoms with E-state index in [4.69, 9.17) is 9.73 Å². The van der Waals surface area contributed by atoms with Crippen LogP contribution in [-0.4, -0.2) is 64.9 Å². The van der Waals surface area contributed by atoms with Gasteiger partial charge in [0.2, 0.25) is 0 Å². The molecular weight excluding hydrogens is 376 g/mol. The van der Waals surface area contributed by atoms with E-state index in [1.165, 1.54) is 11.1 Å². The minimum absolute atomic E-state index is 0.0169. The number of nitrogens with zero attached hydrogens (tertiary/aromatic N) is 5. The quantitative estimate of drug-likeness (QED) is 0.560. The van der Waals surface area contributed by atoms with Crippen LogP contribution < -0.4 is 5.32 Å². The SMILES string of the molecule is CCNC(=NCc1ccccc1CN(C)C(C)C)N1CCOC(c2cnn(C)c2)C1. The molecule has 2 heterocycles. The Bertz CT molecular complexity index is 831. The van der Waals surface area contributed by atoms with Crippen LogP contribution in [-0.2, 0) is 24.9 Å². The predicted octanol–water partition coefficient (Wildman–Crippen LogP) is 2.80. The zero-order valence-electron chi connectivity index (χ0n) is 19.0. The average Bonchev–Trinajstić information content (AvgIpc) is 3.18. The van der Waals surface area contributed by atoms with E-state index in [0.717, 1.165) is 37.7 Å². The summed E-state index contributed by atoms with van der Waals surface area (Å²) in [6, 6.07) is 9.13. The number of aryl methyl sites for hydroxylation is 1. The Labute approximate surface area is 180 Å². The summed E-state index contributed by atoms with van der Waals surface area (Å²) in [5.74, 6) is 0.946. The molecule has 0 bridgehead atoms. The van der Waals surface area contributed by atoms with Crippen molar-refractivity contribution in [1.82, 2.24) is 24.9 Å². The summed E-state index contributed by atoms with van der Waals surface area (Å²) in [6.07, 6.45) is 3.93. The van der Waals surface area contributed by atoms with Crippen LogP contribution in [0.15, 0.2) is 41.7 Å². The maximum absolute atomic E-state index is 6.00. The largest absolute Gasteiger partial charge is 0.370 e. The van der Waals surface area contributed by atoms with E-state index in [1.54, 1.807) is 0 Å². The molecule has 0 radical (unpaired) electrons. The normalized spacial score (nSPS) is 17.8. The standard InChI is InChI=1S/C23H36N6O/c1-6-24-23(29-11-12-30-22(17-29)21-14-26-28(5)16-21)25-13-19-9-7-8-10-20(19)15-27(4)18(2)3/h7-10,14,16,18,22H,6,11-13,15,17H2,1-5H3,(H,24,25). The van der Waals surface area contributed by atoms with Crippen molar-refractivity contribution >= 4 is 5.96 Å². The molecule has 1 N–H and O–H groups in total. The van der Waals surface area contributed by atoms with E-state index in [9.17, 15) is 0 Å². The molecule has 3 rings (SSSR count). The molecule has 1 atom stereocenters. The smallest absolute Gasteiger partial charge is 0.194 e. The first-order valence-corrected chi connectivity index (χ1v) is 10.9. The highest BCUT2D eigenvalue weighted by Crippen LogP contribution is 2.22. The Kier molecular flexibility index (Phi) is 7.87. The van der Waals surface area contributed by atoms with Crippen molar-refractivity contribution < 1.29 is 4.74 Å². The van der Waals surface area contributed by atoms with Crippen LogP contribution in [0.5, 0.6) is 0 Å². The number of aliphatic imine (C=N–C) groups is 1. The van der Waals surface area contributed by atoms with Gasteiger partial charge in [0.05, 0.1) is 25.9 Å². The lowest BCUT2D eigenvalue weighted by atomic mass is 10.1. The molecule has 1 saturated heterocycles. The molecule has 1 aliphatic rings. The molecule has 1 aromatic heterocycles. The number of hydrogen-bond acceptors (Lipinski definition) is 4. The topological polar surface area (TPSA) is 57.9 Å². The molecule has 1 aliphatic heterocycles. The summed E-state index contributed by atoms with van der Waals surface area (Å²) in [5.41, 5.74) is 3.72. The van der Waals surface area contributed by atoms with Crippen molar-refractivity contribution in [3.63, 3.8) is 0 Å². The number of hydrogen-bond donors (Lipinski definition) is 1. The second kappa shape index (κ2) is 10.6. The van der Waals surface area contributed by atoms with Crippen LogP contribution in [0.1, 0.15) is 43.6 Å². The summed E-state index contributed by atoms with van der Waals surface area (Å²) >= 11 is 0. The Morgan fingerprint density at radius 3 is 2.77 bits per heavy atom. The highest BCUT2D eigenvalue weighted by atomic mass is 16.5. The van der Waals surface area contributed by atoms with E-state index in [1.807, 2.05) is 24.1 Å². The van der Waals surface area contributed by atoms with Crippen LogP contribution >= 0.6 is 0 Å². The van der Waals surface area contributed by atoms with Crippen molar-refractivity contribution in [2.24, 2.45) is 12.0 Å². The molecule has 164 valence electrons. The van der Waals surface area contributed by atoms with Crippen LogP contribution in [0.2, 0.25) is 0 Å². The van der Waals surface area contributed by atoms with Gasteiger partial charge in [0.15, 0.2) is 5.96 Å². The molecule has 0 aliphatic carbocycles. The number of morpholine rings is 1. The fourth-order valence-corrected chi connectivity index (χ4v) is 3.55. The molecule has 7 nitrogen and oxygen atoms in total. The second-order valence-electron chi connectivity index (χ2n) is 8.20. The number of benzene rings is 1. The molecular formula is C23H36N6O. The first-order valence-electron chi connectivity index (χ1n) is 10.9. The lowest BCUT2D eigenvalue weighted by Crippen LogP contribution is -2.48. The molecule has 0 saturated carbocycles. The maximum atomic E-state index is 6.00. The van der Waals surface area contributed by atoms with Gasteiger partial charge in [0.1, 0.15) is 6.10 Å². The van der Waals surface area contributed by atoms with E-state index in [2.05, 4.69) is 72.3 Å². The maximum Gasteiger partial charge on any atom is 0.194 e. The lowest BCUT2D eigenvalue weighted by Gasteiger charge is -2.34. The van der Waals surface area contributed by atoms with E-state index >= 15 is 0 Å². The highest BCUT2D eigenvalue weighted by Gasteiger charge is 2.25. The molecule has 1 fully saturated rings. The van der Waals surface area contributed by atoms with Gasteiger partial charge in [-0.15, -0.1) is 0 Å². The summed E-state index contributed by atoms with van der Waals surface area (Å²) in [5, 5.41) is 7.76. The van der Waals surface area contributed by atoms with Crippen molar-refractivity contribution in [2.45, 2.75) is 46.0 Å². The van der Waals surface area contributed by atoms with Crippen LogP contribution in [0, 0.1) is 0 Å². The van der Waals surface area contributed by atoms with Gasteiger partial charge < -0.3 is 15.0 Å². The van der Waals surface area contributed by atoms with Gasteiger partial charge in [-0.1, -0.05) is 24.3 Å². The second-order valence-corrected chi connectivity index (χ2v) is 8.20. The first kappa shape index (κ1) is 22.3. The zero-order valence-corrected chi connectivity index (χ0v) is 19.0. The van der Waals surface area contributed by atoms with Crippen molar-refractivity contribution in [2.75, 3.05) is 33.3 Å². The summed E-state index contributed by atoms with van der Waals surface area (Å²) in [7, 11) is 4.10. The molecule has 7 heteroatoms. The molecule has 0 spiro atoms. The molecule has 1 unspecified atom stereocenters. The molecule has 0 amide bonds. The summed E-state index contributed by atoms with van der Waals surface area (Å²) in [6.45, 7) is 11.3. The number of nitrogens with one attached hydrogen (secondary N) is 1. The third kappa shape index (κ3) is 5.83. The Hall–Kier alpha value is -2.38. The van der Waals surface area contributed by atoms with Gasteiger partial charge in [-0.25, -0.2) is 4.99 Å². The fourth-order valence-electron chi connectivity index (χ4n) is 3.55. The molecule has 30 heavy (non-hydrogen) atoms. The zero-order chi connectivity index (χ0) is 21.5. The monoisotopic (exact) mass is 412 g/mol. The number of ether oxygens (including phenoxy) is 1. The van der Waals surface area contributed by atoms with E-state index < -0.39 is 0 Å². The van der Waals surface area contributed by atoms with Crippen LogP contribution in [0.3, 0.4) is 0 Å². The summed E-state index contributed by atoms with van der Waals surface area (Å²) < 4.78 is 7.82. The Morgan fingerprint density at radius 1 is 1.33 bits per heavy atom. The number of rotatable bonds is 7. The molecule has 1 aromatic carbocycles. The van der Waals surface area contributed by atoms with E-state index in [0.29, 0.717) is 19.2 Å². The van der Waals surface area contributed by atoms with E-state index in [-0.39, 0.29) is 6.10 Å². The fraction of sp³-hybridized carbons (Fsp3) is 0.565. The average molecular weight is 413 g/mol. The van der Waals surface area contributed by atoms with Crippen molar-refractivity contribution in [1.29, 1.82) is 0 Å². The van der Waals surface area contributed by atoms with Crippen LogP contribution in [0.4, 0.5) is 0 Å². The van der Waals surface area contributed by atoms with Gasteiger partial charge in [-0.3, -0.25) is 9.58 Å². The first-order chi connectivity index (χ1) is 14.5. The van der Waals surface area contributed by atoms with Gasteiger partial charge in [-0.05, 0) is 38.9 Å². The lowest BCUT2D eigenvalue weighted by molar-refractivity contribution is -0.00805.